The van der Waals surface area contributed by atoms with E-state index >= 15 is 0 Å². The van der Waals surface area contributed by atoms with Crippen molar-refractivity contribution in [1.29, 1.82) is 0 Å². The summed E-state index contributed by atoms with van der Waals surface area (Å²) in [5.74, 6) is 1.31. The lowest BCUT2D eigenvalue weighted by atomic mass is 10.1. The van der Waals surface area contributed by atoms with Gasteiger partial charge in [-0.2, -0.15) is 0 Å². The predicted octanol–water partition coefficient (Wildman–Crippen LogP) is 5.66. The molecule has 0 spiro atoms. The quantitative estimate of drug-likeness (QED) is 0.246. The number of amides is 1. The van der Waals surface area contributed by atoms with Crippen LogP contribution in [0.15, 0.2) is 58.3 Å². The van der Waals surface area contributed by atoms with Gasteiger partial charge in [-0.1, -0.05) is 11.6 Å². The minimum atomic E-state index is -0.566. The number of rotatable bonds is 8. The SMILES string of the molecule is COc1cc2c(cc1OCCCOc1ccc3nc(C)n(-c4ccc(F)c(Cl)c4)c(=O)c3c1)N=C[C@@H]1CCCN1C2=O. The maximum Gasteiger partial charge on any atom is 0.266 e. The minimum Gasteiger partial charge on any atom is -0.493 e. The van der Waals surface area contributed by atoms with Gasteiger partial charge in [-0.25, -0.2) is 9.37 Å². The first-order chi connectivity index (χ1) is 20.3. The number of fused-ring (bicyclic) bond motifs is 3. The number of aryl methyl sites for hydroxylation is 1. The highest BCUT2D eigenvalue weighted by Gasteiger charge is 2.32. The van der Waals surface area contributed by atoms with Crippen molar-refractivity contribution in [2.24, 2.45) is 4.99 Å². The molecule has 2 aliphatic heterocycles. The van der Waals surface area contributed by atoms with Gasteiger partial charge in [-0.05, 0) is 62.2 Å². The molecular weight excluding hydrogens is 563 g/mol. The van der Waals surface area contributed by atoms with E-state index in [1.54, 1.807) is 37.3 Å². The van der Waals surface area contributed by atoms with E-state index in [4.69, 9.17) is 25.8 Å². The highest BCUT2D eigenvalue weighted by Crippen LogP contribution is 2.38. The molecule has 3 aromatic carbocycles. The first-order valence-electron chi connectivity index (χ1n) is 13.7. The van der Waals surface area contributed by atoms with E-state index in [0.29, 0.717) is 70.5 Å². The van der Waals surface area contributed by atoms with Gasteiger partial charge in [0.1, 0.15) is 17.4 Å². The zero-order chi connectivity index (χ0) is 29.4. The number of nitrogens with zero attached hydrogens (tertiary/aromatic N) is 4. The second-order valence-corrected chi connectivity index (χ2v) is 10.5. The molecule has 9 nitrogen and oxygen atoms in total. The largest absolute Gasteiger partial charge is 0.493 e. The van der Waals surface area contributed by atoms with Gasteiger partial charge in [-0.3, -0.25) is 19.1 Å². The Kier molecular flexibility index (Phi) is 7.55. The molecule has 1 saturated heterocycles. The summed E-state index contributed by atoms with van der Waals surface area (Å²) in [5.41, 5.74) is 1.70. The number of hydrogen-bond donors (Lipinski definition) is 0. The van der Waals surface area contributed by atoms with E-state index in [9.17, 15) is 14.0 Å². The fourth-order valence-electron chi connectivity index (χ4n) is 5.35. The zero-order valence-corrected chi connectivity index (χ0v) is 23.9. The van der Waals surface area contributed by atoms with Crippen molar-refractivity contribution in [2.75, 3.05) is 26.9 Å². The molecule has 4 aromatic rings. The first kappa shape index (κ1) is 27.7. The normalized spacial score (nSPS) is 15.9. The van der Waals surface area contributed by atoms with Gasteiger partial charge >= 0.3 is 0 Å². The standard InChI is InChI=1S/C31H28ClFN4O5/c1-18-35-26-9-7-21(14-22(26)31(39)37(18)19-6-8-25(33)24(32)13-19)41-11-4-12-42-29-16-27-23(15-28(29)40-2)30(38)36-10-3-5-20(36)17-34-27/h6-9,13-17,20H,3-5,10-12H2,1-2H3/t20-/m0/s1. The first-order valence-corrected chi connectivity index (χ1v) is 14.0. The molecule has 3 heterocycles. The smallest absolute Gasteiger partial charge is 0.266 e. The van der Waals surface area contributed by atoms with Crippen molar-refractivity contribution in [3.05, 3.63) is 81.1 Å². The van der Waals surface area contributed by atoms with E-state index in [2.05, 4.69) is 9.98 Å². The topological polar surface area (TPSA) is 95.2 Å². The fourth-order valence-corrected chi connectivity index (χ4v) is 5.52. The molecule has 0 saturated carbocycles. The third-order valence-corrected chi connectivity index (χ3v) is 7.73. The summed E-state index contributed by atoms with van der Waals surface area (Å²) in [6.45, 7) is 3.08. The third-order valence-electron chi connectivity index (χ3n) is 7.44. The van der Waals surface area contributed by atoms with Crippen molar-refractivity contribution in [2.45, 2.75) is 32.2 Å². The molecule has 1 amide bonds. The monoisotopic (exact) mass is 590 g/mol. The van der Waals surface area contributed by atoms with Crippen molar-refractivity contribution < 1.29 is 23.4 Å². The van der Waals surface area contributed by atoms with Crippen LogP contribution in [-0.4, -0.2) is 59.5 Å². The van der Waals surface area contributed by atoms with Gasteiger partial charge in [0.05, 0.1) is 59.2 Å². The number of ether oxygens (including phenoxy) is 3. The third kappa shape index (κ3) is 5.18. The van der Waals surface area contributed by atoms with Crippen LogP contribution in [0.5, 0.6) is 17.2 Å². The predicted molar refractivity (Wildman–Crippen MR) is 158 cm³/mol. The summed E-state index contributed by atoms with van der Waals surface area (Å²) in [6, 6.07) is 12.7. The molecular formula is C31H28ClFN4O5. The van der Waals surface area contributed by atoms with Crippen LogP contribution in [0.3, 0.4) is 0 Å². The Morgan fingerprint density at radius 3 is 2.69 bits per heavy atom. The minimum absolute atomic E-state index is 0.0246. The Morgan fingerprint density at radius 1 is 1.05 bits per heavy atom. The van der Waals surface area contributed by atoms with Crippen LogP contribution in [0.1, 0.15) is 35.4 Å². The summed E-state index contributed by atoms with van der Waals surface area (Å²) < 4.78 is 32.5. The molecule has 6 rings (SSSR count). The van der Waals surface area contributed by atoms with Gasteiger partial charge in [0.25, 0.3) is 11.5 Å². The summed E-state index contributed by atoms with van der Waals surface area (Å²) in [5, 5.41) is 0.281. The van der Waals surface area contributed by atoms with Crippen molar-refractivity contribution in [3.8, 4) is 22.9 Å². The lowest BCUT2D eigenvalue weighted by Gasteiger charge is -2.20. The molecule has 0 radical (unpaired) electrons. The average molecular weight is 591 g/mol. The van der Waals surface area contributed by atoms with Gasteiger partial charge < -0.3 is 19.1 Å². The van der Waals surface area contributed by atoms with Crippen molar-refractivity contribution in [1.82, 2.24) is 14.5 Å². The number of methoxy groups -OCH3 is 1. The molecule has 0 unspecified atom stereocenters. The lowest BCUT2D eigenvalue weighted by Crippen LogP contribution is -2.35. The van der Waals surface area contributed by atoms with Crippen molar-refractivity contribution >= 4 is 40.3 Å². The van der Waals surface area contributed by atoms with E-state index in [1.807, 2.05) is 11.1 Å². The van der Waals surface area contributed by atoms with Crippen LogP contribution >= 0.6 is 11.6 Å². The molecule has 0 aliphatic carbocycles. The Morgan fingerprint density at radius 2 is 1.88 bits per heavy atom. The summed E-state index contributed by atoms with van der Waals surface area (Å²) in [4.78, 5) is 37.4. The van der Waals surface area contributed by atoms with E-state index in [0.717, 1.165) is 19.4 Å². The van der Waals surface area contributed by atoms with Gasteiger partial charge in [0, 0.05) is 25.2 Å². The van der Waals surface area contributed by atoms with E-state index < -0.39 is 5.82 Å². The number of carbonyl (C=O) groups is 1. The van der Waals surface area contributed by atoms with Crippen LogP contribution in [0.25, 0.3) is 16.6 Å². The number of aliphatic imine (C=N–C) groups is 1. The average Bonchev–Trinajstić information content (AvgIpc) is 3.41. The summed E-state index contributed by atoms with van der Waals surface area (Å²) in [6.07, 6.45) is 4.26. The zero-order valence-electron chi connectivity index (χ0n) is 23.1. The molecule has 1 atom stereocenters. The Bertz CT molecular complexity index is 1790. The number of hydrogen-bond acceptors (Lipinski definition) is 7. The Labute approximate surface area is 246 Å². The molecule has 1 aromatic heterocycles. The molecule has 2 aliphatic rings. The molecule has 11 heteroatoms. The Hall–Kier alpha value is -4.44. The highest BCUT2D eigenvalue weighted by molar-refractivity contribution is 6.30. The fraction of sp³-hybridized carbons (Fsp3) is 0.290. The van der Waals surface area contributed by atoms with Gasteiger partial charge in [-0.15, -0.1) is 0 Å². The number of halogens is 2. The van der Waals surface area contributed by atoms with Crippen LogP contribution in [-0.2, 0) is 0 Å². The molecule has 1 fully saturated rings. The highest BCUT2D eigenvalue weighted by atomic mass is 35.5. The van der Waals surface area contributed by atoms with Crippen LogP contribution in [0.2, 0.25) is 5.02 Å². The molecule has 0 N–H and O–H groups in total. The van der Waals surface area contributed by atoms with Crippen molar-refractivity contribution in [3.63, 3.8) is 0 Å². The van der Waals surface area contributed by atoms with Crippen LogP contribution in [0.4, 0.5) is 10.1 Å². The van der Waals surface area contributed by atoms with E-state index in [-0.39, 0.29) is 22.5 Å². The molecule has 216 valence electrons. The number of aromatic nitrogens is 2. The van der Waals surface area contributed by atoms with Gasteiger partial charge in [0.15, 0.2) is 11.5 Å². The number of carbonyl (C=O) groups excluding carboxylic acids is 1. The number of benzene rings is 3. The van der Waals surface area contributed by atoms with E-state index in [1.165, 1.54) is 29.9 Å². The second-order valence-electron chi connectivity index (χ2n) is 10.1. The van der Waals surface area contributed by atoms with Crippen LogP contribution in [0, 0.1) is 12.7 Å². The van der Waals surface area contributed by atoms with Crippen LogP contribution < -0.4 is 19.8 Å². The van der Waals surface area contributed by atoms with Gasteiger partial charge in [0.2, 0.25) is 0 Å². The molecule has 42 heavy (non-hydrogen) atoms. The maximum absolute atomic E-state index is 13.7. The lowest BCUT2D eigenvalue weighted by molar-refractivity contribution is 0.0774. The molecule has 0 bridgehead atoms. The summed E-state index contributed by atoms with van der Waals surface area (Å²) in [7, 11) is 1.54. The Balaban J connectivity index is 1.13. The maximum atomic E-state index is 13.7. The summed E-state index contributed by atoms with van der Waals surface area (Å²) >= 11 is 5.94. The second kappa shape index (κ2) is 11.4.